The summed E-state index contributed by atoms with van der Waals surface area (Å²) >= 11 is 0. The van der Waals surface area contributed by atoms with Crippen LogP contribution in [0.15, 0.2) is 36.4 Å². The van der Waals surface area contributed by atoms with E-state index >= 15 is 0 Å². The molecule has 0 fully saturated rings. The first-order valence-electron chi connectivity index (χ1n) is 8.79. The quantitative estimate of drug-likeness (QED) is 0.627. The highest BCUT2D eigenvalue weighted by Gasteiger charge is 2.16. The fourth-order valence-corrected chi connectivity index (χ4v) is 2.60. The number of benzene rings is 2. The van der Waals surface area contributed by atoms with Gasteiger partial charge in [0.1, 0.15) is 0 Å². The first-order valence-corrected chi connectivity index (χ1v) is 8.79. The Labute approximate surface area is 169 Å². The molecule has 0 saturated heterocycles. The van der Waals surface area contributed by atoms with Crippen molar-refractivity contribution in [3.8, 4) is 23.0 Å². The number of hydrogen-bond acceptors (Lipinski definition) is 6. The van der Waals surface area contributed by atoms with Crippen LogP contribution in [0.4, 0.5) is 5.69 Å². The summed E-state index contributed by atoms with van der Waals surface area (Å²) in [6.07, 6.45) is 2.94. The molecule has 0 atom stereocenters. The third kappa shape index (κ3) is 5.41. The monoisotopic (exact) mass is 400 g/mol. The number of methoxy groups -OCH3 is 3. The average molecular weight is 400 g/mol. The van der Waals surface area contributed by atoms with Gasteiger partial charge in [0.15, 0.2) is 23.0 Å². The molecule has 0 radical (unpaired) electrons. The zero-order chi connectivity index (χ0) is 21.4. The van der Waals surface area contributed by atoms with Gasteiger partial charge in [0.25, 0.3) is 5.91 Å². The number of carbonyl (C=O) groups excluding carboxylic acids is 2. The number of nitrogens with two attached hydrogens (primary N) is 1. The van der Waals surface area contributed by atoms with Crippen molar-refractivity contribution in [3.05, 3.63) is 47.5 Å². The zero-order valence-electron chi connectivity index (χ0n) is 16.8. The van der Waals surface area contributed by atoms with E-state index in [0.29, 0.717) is 29.6 Å². The van der Waals surface area contributed by atoms with Gasteiger partial charge in [-0.15, -0.1) is 0 Å². The van der Waals surface area contributed by atoms with Gasteiger partial charge in [0, 0.05) is 12.1 Å². The van der Waals surface area contributed by atoms with Crippen LogP contribution in [0, 0.1) is 0 Å². The molecule has 8 nitrogen and oxygen atoms in total. The maximum Gasteiger partial charge on any atom is 0.250 e. The Morgan fingerprint density at radius 1 is 0.966 bits per heavy atom. The van der Waals surface area contributed by atoms with Crippen molar-refractivity contribution in [2.75, 3.05) is 33.3 Å². The van der Waals surface area contributed by atoms with E-state index in [0.717, 1.165) is 5.56 Å². The summed E-state index contributed by atoms with van der Waals surface area (Å²) in [6, 6.07) is 8.20. The number of nitrogens with one attached hydrogen (secondary N) is 1. The van der Waals surface area contributed by atoms with Gasteiger partial charge in [-0.05, 0) is 36.8 Å². The van der Waals surface area contributed by atoms with Crippen LogP contribution in [0.25, 0.3) is 6.08 Å². The van der Waals surface area contributed by atoms with E-state index in [1.165, 1.54) is 32.4 Å². The fraction of sp³-hybridized carbons (Fsp3) is 0.238. The summed E-state index contributed by atoms with van der Waals surface area (Å²) in [7, 11) is 4.43. The largest absolute Gasteiger partial charge is 0.493 e. The summed E-state index contributed by atoms with van der Waals surface area (Å²) in [5, 5.41) is 2.63. The highest BCUT2D eigenvalue weighted by atomic mass is 16.5. The molecule has 8 heteroatoms. The number of carbonyl (C=O) groups is 2. The van der Waals surface area contributed by atoms with Crippen LogP contribution in [0.1, 0.15) is 22.8 Å². The normalized spacial score (nSPS) is 10.5. The Morgan fingerprint density at radius 3 is 2.17 bits per heavy atom. The van der Waals surface area contributed by atoms with E-state index in [9.17, 15) is 9.59 Å². The molecule has 2 rings (SSSR count). The molecule has 0 unspecified atom stereocenters. The third-order valence-electron chi connectivity index (χ3n) is 3.96. The van der Waals surface area contributed by atoms with Crippen molar-refractivity contribution in [2.45, 2.75) is 6.92 Å². The van der Waals surface area contributed by atoms with Gasteiger partial charge in [-0.1, -0.05) is 6.07 Å². The number of hydrogen-bond donors (Lipinski definition) is 2. The molecule has 0 spiro atoms. The molecule has 0 heterocycles. The van der Waals surface area contributed by atoms with Crippen LogP contribution < -0.4 is 30.0 Å². The van der Waals surface area contributed by atoms with E-state index in [1.807, 2.05) is 6.92 Å². The van der Waals surface area contributed by atoms with E-state index in [2.05, 4.69) is 5.32 Å². The summed E-state index contributed by atoms with van der Waals surface area (Å²) in [6.45, 7) is 2.40. The average Bonchev–Trinajstić information content (AvgIpc) is 2.72. The van der Waals surface area contributed by atoms with E-state index in [4.69, 9.17) is 24.7 Å². The highest BCUT2D eigenvalue weighted by molar-refractivity contribution is 6.07. The molecule has 0 aliphatic rings. The first-order chi connectivity index (χ1) is 13.9. The molecule has 0 aliphatic heterocycles. The van der Waals surface area contributed by atoms with Crippen LogP contribution in [0.3, 0.4) is 0 Å². The van der Waals surface area contributed by atoms with Crippen molar-refractivity contribution in [1.29, 1.82) is 0 Å². The summed E-state index contributed by atoms with van der Waals surface area (Å²) in [5.74, 6) is 0.705. The van der Waals surface area contributed by atoms with Crippen molar-refractivity contribution in [3.63, 3.8) is 0 Å². The molecule has 0 saturated carbocycles. The van der Waals surface area contributed by atoms with E-state index in [1.54, 1.807) is 31.4 Å². The van der Waals surface area contributed by atoms with Gasteiger partial charge in [0.2, 0.25) is 5.91 Å². The van der Waals surface area contributed by atoms with Crippen LogP contribution in [-0.2, 0) is 4.79 Å². The Kier molecular flexibility index (Phi) is 7.47. The van der Waals surface area contributed by atoms with Gasteiger partial charge >= 0.3 is 0 Å². The molecule has 2 amide bonds. The standard InChI is InChI=1S/C21H24N2O6/c1-5-29-16-8-6-13(10-17(16)26-2)7-9-20(24)23-15-12-19(28-4)18(27-3)11-14(15)21(22)25/h6-12H,5H2,1-4H3,(H2,22,25)(H,23,24)/b9-7+. The molecular weight excluding hydrogens is 376 g/mol. The Hall–Kier alpha value is -3.68. The van der Waals surface area contributed by atoms with Gasteiger partial charge in [0.05, 0.1) is 39.2 Å². The van der Waals surface area contributed by atoms with Crippen molar-refractivity contribution >= 4 is 23.6 Å². The molecule has 154 valence electrons. The second kappa shape index (κ2) is 10.0. The third-order valence-corrected chi connectivity index (χ3v) is 3.96. The maximum absolute atomic E-state index is 12.4. The second-order valence-corrected chi connectivity index (χ2v) is 5.78. The Balaban J connectivity index is 2.23. The summed E-state index contributed by atoms with van der Waals surface area (Å²) < 4.78 is 21.1. The number of rotatable bonds is 9. The zero-order valence-corrected chi connectivity index (χ0v) is 16.8. The molecule has 3 N–H and O–H groups in total. The Morgan fingerprint density at radius 2 is 1.59 bits per heavy atom. The lowest BCUT2D eigenvalue weighted by Crippen LogP contribution is -2.17. The van der Waals surface area contributed by atoms with Gasteiger partial charge in [-0.25, -0.2) is 0 Å². The van der Waals surface area contributed by atoms with Crippen LogP contribution in [0.5, 0.6) is 23.0 Å². The molecule has 2 aromatic rings. The molecular formula is C21H24N2O6. The van der Waals surface area contributed by atoms with Crippen molar-refractivity contribution < 1.29 is 28.5 Å². The van der Waals surface area contributed by atoms with E-state index in [-0.39, 0.29) is 11.3 Å². The SMILES string of the molecule is CCOc1ccc(/C=C/C(=O)Nc2cc(OC)c(OC)cc2C(N)=O)cc1OC. The number of amides is 2. The molecule has 2 aromatic carbocycles. The van der Waals surface area contributed by atoms with Gasteiger partial charge in [-0.2, -0.15) is 0 Å². The predicted molar refractivity (Wildman–Crippen MR) is 110 cm³/mol. The van der Waals surface area contributed by atoms with Gasteiger partial charge in [-0.3, -0.25) is 9.59 Å². The van der Waals surface area contributed by atoms with E-state index < -0.39 is 11.8 Å². The highest BCUT2D eigenvalue weighted by Crippen LogP contribution is 2.33. The number of ether oxygens (including phenoxy) is 4. The van der Waals surface area contributed by atoms with Crippen LogP contribution in [-0.4, -0.2) is 39.8 Å². The minimum Gasteiger partial charge on any atom is -0.493 e. The molecule has 0 bridgehead atoms. The lowest BCUT2D eigenvalue weighted by atomic mass is 10.1. The van der Waals surface area contributed by atoms with Gasteiger partial charge < -0.3 is 30.0 Å². The Bertz CT molecular complexity index is 924. The van der Waals surface area contributed by atoms with Crippen molar-refractivity contribution in [1.82, 2.24) is 0 Å². The lowest BCUT2D eigenvalue weighted by Gasteiger charge is -2.13. The maximum atomic E-state index is 12.4. The van der Waals surface area contributed by atoms with Crippen LogP contribution in [0.2, 0.25) is 0 Å². The predicted octanol–water partition coefficient (Wildman–Crippen LogP) is 2.86. The second-order valence-electron chi connectivity index (χ2n) is 5.78. The lowest BCUT2D eigenvalue weighted by molar-refractivity contribution is -0.111. The smallest absolute Gasteiger partial charge is 0.250 e. The van der Waals surface area contributed by atoms with Crippen molar-refractivity contribution in [2.24, 2.45) is 5.73 Å². The minimum absolute atomic E-state index is 0.104. The fourth-order valence-electron chi connectivity index (χ4n) is 2.60. The number of primary amides is 1. The molecule has 0 aliphatic carbocycles. The minimum atomic E-state index is -0.707. The molecule has 0 aromatic heterocycles. The topological polar surface area (TPSA) is 109 Å². The summed E-state index contributed by atoms with van der Waals surface area (Å²) in [5.41, 5.74) is 6.47. The molecule has 29 heavy (non-hydrogen) atoms. The first kappa shape index (κ1) is 21.6. The van der Waals surface area contributed by atoms with Crippen LogP contribution >= 0.6 is 0 Å². The number of anilines is 1. The summed E-state index contributed by atoms with van der Waals surface area (Å²) in [4.78, 5) is 24.1.